The Morgan fingerprint density at radius 3 is 2.22 bits per heavy atom. The van der Waals surface area contributed by atoms with Gasteiger partial charge in [0, 0.05) is 5.56 Å². The Morgan fingerprint density at radius 1 is 0.913 bits per heavy atom. The molecule has 0 bridgehead atoms. The lowest BCUT2D eigenvalue weighted by Crippen LogP contribution is -2.41. The second-order valence-corrected chi connectivity index (χ2v) is 5.33. The van der Waals surface area contributed by atoms with Crippen molar-refractivity contribution in [2.24, 2.45) is 0 Å². The molecular weight excluding hydrogens is 308 g/mol. The van der Waals surface area contributed by atoms with Gasteiger partial charge in [-0.1, -0.05) is 42.5 Å². The van der Waals surface area contributed by atoms with Crippen molar-refractivity contribution in [2.45, 2.75) is 6.92 Å². The van der Waals surface area contributed by atoms with Crippen LogP contribution < -0.4 is 10.9 Å². The minimum atomic E-state index is -0.264. The average Bonchev–Trinajstić information content (AvgIpc) is 2.59. The van der Waals surface area contributed by atoms with Gasteiger partial charge in [-0.15, -0.1) is 0 Å². The molecule has 6 heteroatoms. The van der Waals surface area contributed by atoms with Crippen LogP contribution in [-0.4, -0.2) is 20.9 Å². The van der Waals surface area contributed by atoms with Crippen molar-refractivity contribution in [1.82, 2.24) is 20.8 Å². The number of para-hydroxylation sites is 2. The first kappa shape index (κ1) is 15.1. The summed E-state index contributed by atoms with van der Waals surface area (Å²) < 4.78 is 0. The molecule has 114 valence electrons. The maximum atomic E-state index is 12.0. The van der Waals surface area contributed by atoms with Gasteiger partial charge in [-0.2, -0.15) is 0 Å². The molecule has 0 radical (unpaired) electrons. The number of hydrazine groups is 1. The van der Waals surface area contributed by atoms with Crippen LogP contribution in [0.5, 0.6) is 0 Å². The zero-order chi connectivity index (χ0) is 16.2. The van der Waals surface area contributed by atoms with Gasteiger partial charge in [0.05, 0.1) is 16.7 Å². The van der Waals surface area contributed by atoms with Crippen molar-refractivity contribution < 1.29 is 4.79 Å². The first-order chi connectivity index (χ1) is 11.1. The van der Waals surface area contributed by atoms with E-state index in [0.29, 0.717) is 21.9 Å². The molecule has 2 N–H and O–H groups in total. The molecule has 0 aliphatic rings. The molecule has 2 aromatic carbocycles. The Morgan fingerprint density at radius 2 is 1.52 bits per heavy atom. The Bertz CT molecular complexity index is 880. The maximum Gasteiger partial charge on any atom is 0.269 e. The predicted octanol–water partition coefficient (Wildman–Crippen LogP) is 2.55. The molecule has 23 heavy (non-hydrogen) atoms. The van der Waals surface area contributed by atoms with Gasteiger partial charge < -0.3 is 0 Å². The van der Waals surface area contributed by atoms with Gasteiger partial charge in [-0.05, 0) is 31.2 Å². The Hall–Kier alpha value is -2.86. The van der Waals surface area contributed by atoms with E-state index in [0.717, 1.165) is 11.0 Å². The van der Waals surface area contributed by atoms with Crippen LogP contribution in [0.3, 0.4) is 0 Å². The monoisotopic (exact) mass is 322 g/mol. The number of benzene rings is 2. The fourth-order valence-corrected chi connectivity index (χ4v) is 2.38. The van der Waals surface area contributed by atoms with Gasteiger partial charge in [0.25, 0.3) is 5.91 Å². The number of thiocarbonyl (C=S) groups is 1. The van der Waals surface area contributed by atoms with E-state index in [9.17, 15) is 4.79 Å². The first-order valence-corrected chi connectivity index (χ1v) is 7.45. The van der Waals surface area contributed by atoms with E-state index in [1.165, 1.54) is 0 Å². The molecular formula is C17H14N4OS. The van der Waals surface area contributed by atoms with Gasteiger partial charge in [0.1, 0.15) is 10.7 Å². The Labute approximate surface area is 138 Å². The molecule has 0 spiro atoms. The zero-order valence-electron chi connectivity index (χ0n) is 12.4. The lowest BCUT2D eigenvalue weighted by Gasteiger charge is -2.11. The molecule has 3 aromatic rings. The smallest absolute Gasteiger partial charge is 0.269 e. The number of hydrogen-bond donors (Lipinski definition) is 2. The van der Waals surface area contributed by atoms with Crippen LogP contribution in [-0.2, 0) is 0 Å². The molecule has 0 saturated carbocycles. The largest absolute Gasteiger partial charge is 0.286 e. The highest BCUT2D eigenvalue weighted by Crippen LogP contribution is 2.12. The van der Waals surface area contributed by atoms with Gasteiger partial charge in [0.15, 0.2) is 0 Å². The molecule has 1 aromatic heterocycles. The van der Waals surface area contributed by atoms with E-state index in [1.54, 1.807) is 24.3 Å². The average molecular weight is 322 g/mol. The zero-order valence-corrected chi connectivity index (χ0v) is 13.2. The number of fused-ring (bicyclic) bond motifs is 1. The first-order valence-electron chi connectivity index (χ1n) is 7.04. The molecule has 0 aliphatic heterocycles. The summed E-state index contributed by atoms with van der Waals surface area (Å²) >= 11 is 5.31. The van der Waals surface area contributed by atoms with Crippen molar-refractivity contribution in [3.63, 3.8) is 0 Å². The van der Waals surface area contributed by atoms with Crippen LogP contribution in [0.25, 0.3) is 11.0 Å². The number of nitrogens with zero attached hydrogens (tertiary/aromatic N) is 2. The van der Waals surface area contributed by atoms with Crippen molar-refractivity contribution in [3.05, 3.63) is 71.5 Å². The van der Waals surface area contributed by atoms with E-state index < -0.39 is 0 Å². The summed E-state index contributed by atoms with van der Waals surface area (Å²) in [6.07, 6.45) is 0. The lowest BCUT2D eigenvalue weighted by molar-refractivity contribution is 0.0944. The number of aromatic nitrogens is 2. The van der Waals surface area contributed by atoms with Crippen LogP contribution in [0.15, 0.2) is 54.6 Å². The third kappa shape index (κ3) is 3.32. The number of aryl methyl sites for hydroxylation is 1. The number of amides is 1. The summed E-state index contributed by atoms with van der Waals surface area (Å²) in [5.41, 5.74) is 8.67. The quantitative estimate of drug-likeness (QED) is 0.561. The summed E-state index contributed by atoms with van der Waals surface area (Å²) in [4.78, 5) is 21.3. The van der Waals surface area contributed by atoms with Crippen LogP contribution in [0.1, 0.15) is 21.7 Å². The number of hydrogen-bond acceptors (Lipinski definition) is 4. The summed E-state index contributed by atoms with van der Waals surface area (Å²) in [6, 6.07) is 16.5. The van der Waals surface area contributed by atoms with Crippen molar-refractivity contribution >= 4 is 34.1 Å². The van der Waals surface area contributed by atoms with E-state index in [4.69, 9.17) is 12.2 Å². The highest BCUT2D eigenvalue weighted by atomic mass is 32.1. The fraction of sp³-hybridized carbons (Fsp3) is 0.0588. The van der Waals surface area contributed by atoms with Gasteiger partial charge in [0.2, 0.25) is 0 Å². The molecule has 1 heterocycles. The minimum Gasteiger partial charge on any atom is -0.286 e. The standard InChI is InChI=1S/C17H14N4OS/c1-11-15(19-14-10-6-5-9-13(14)18-11)17(23)21-20-16(22)12-7-3-2-4-8-12/h2-10H,1H3,(H,20,22)(H,21,23). The molecule has 0 aliphatic carbocycles. The number of carbonyl (C=O) groups is 1. The Balaban J connectivity index is 1.76. The normalized spacial score (nSPS) is 10.3. The summed E-state index contributed by atoms with van der Waals surface area (Å²) in [6.45, 7) is 1.84. The Kier molecular flexibility index (Phi) is 4.25. The third-order valence-corrected chi connectivity index (χ3v) is 3.58. The molecule has 3 rings (SSSR count). The maximum absolute atomic E-state index is 12.0. The summed E-state index contributed by atoms with van der Waals surface area (Å²) in [5, 5.41) is 0. The molecule has 0 saturated heterocycles. The number of rotatable bonds is 2. The number of nitrogens with one attached hydrogen (secondary N) is 2. The SMILES string of the molecule is Cc1nc2ccccc2nc1C(=S)NNC(=O)c1ccccc1. The molecule has 5 nitrogen and oxygen atoms in total. The highest BCUT2D eigenvalue weighted by Gasteiger charge is 2.11. The van der Waals surface area contributed by atoms with E-state index in [1.807, 2.05) is 37.3 Å². The van der Waals surface area contributed by atoms with Crippen LogP contribution in [0.4, 0.5) is 0 Å². The van der Waals surface area contributed by atoms with Crippen molar-refractivity contribution in [2.75, 3.05) is 0 Å². The summed E-state index contributed by atoms with van der Waals surface area (Å²) in [7, 11) is 0. The highest BCUT2D eigenvalue weighted by molar-refractivity contribution is 7.80. The molecule has 0 unspecified atom stereocenters. The van der Waals surface area contributed by atoms with E-state index in [-0.39, 0.29) is 5.91 Å². The fourth-order valence-electron chi connectivity index (χ4n) is 2.14. The molecule has 0 fully saturated rings. The third-order valence-electron chi connectivity index (χ3n) is 3.29. The van der Waals surface area contributed by atoms with Gasteiger partial charge in [-0.25, -0.2) is 9.97 Å². The van der Waals surface area contributed by atoms with Crippen LogP contribution in [0.2, 0.25) is 0 Å². The molecule has 1 amide bonds. The predicted molar refractivity (Wildman–Crippen MR) is 93.0 cm³/mol. The summed E-state index contributed by atoms with van der Waals surface area (Å²) in [5.74, 6) is -0.264. The molecule has 0 atom stereocenters. The minimum absolute atomic E-state index is 0.264. The second-order valence-electron chi connectivity index (χ2n) is 4.92. The van der Waals surface area contributed by atoms with Crippen molar-refractivity contribution in [1.29, 1.82) is 0 Å². The van der Waals surface area contributed by atoms with Crippen LogP contribution in [0, 0.1) is 6.92 Å². The lowest BCUT2D eigenvalue weighted by atomic mass is 10.2. The topological polar surface area (TPSA) is 66.9 Å². The van der Waals surface area contributed by atoms with E-state index >= 15 is 0 Å². The van der Waals surface area contributed by atoms with Crippen LogP contribution >= 0.6 is 12.2 Å². The van der Waals surface area contributed by atoms with Crippen molar-refractivity contribution in [3.8, 4) is 0 Å². The van der Waals surface area contributed by atoms with Gasteiger partial charge in [-0.3, -0.25) is 15.6 Å². The van der Waals surface area contributed by atoms with Gasteiger partial charge >= 0.3 is 0 Å². The van der Waals surface area contributed by atoms with E-state index in [2.05, 4.69) is 20.8 Å². The second kappa shape index (κ2) is 6.50. The number of carbonyl (C=O) groups excluding carboxylic acids is 1.